The van der Waals surface area contributed by atoms with Gasteiger partial charge in [-0.05, 0) is 58.5 Å². The summed E-state index contributed by atoms with van der Waals surface area (Å²) in [6.45, 7) is 11.6. The zero-order chi connectivity index (χ0) is 21.2. The summed E-state index contributed by atoms with van der Waals surface area (Å²) in [6.07, 6.45) is 0. The standard InChI is InChI=1S/C26H12N4/c1-13-4-6-19-24-20(30-3)8-14(2)22-15(10-27)5-7-18(26(22)24)23-17(12-29)9-16(11-28)21(13)25(19)23/h4-9H,1-2H3. The maximum absolute atomic E-state index is 9.91. The van der Waals surface area contributed by atoms with Crippen LogP contribution in [0.4, 0.5) is 5.69 Å². The van der Waals surface area contributed by atoms with E-state index in [1.807, 2.05) is 38.1 Å². The number of rotatable bonds is 0. The SMILES string of the molecule is [C-]#[N+]c1cc(C)c2c(C#N)ccc3c4c(C#N)cc(C#N)c5c(C)ccc(c1c23)c54. The molecule has 136 valence electrons. The molecule has 4 heteroatoms. The van der Waals surface area contributed by atoms with Crippen molar-refractivity contribution in [3.63, 3.8) is 0 Å². The van der Waals surface area contributed by atoms with Crippen molar-refractivity contribution >= 4 is 48.8 Å². The Morgan fingerprint density at radius 1 is 0.633 bits per heavy atom. The molecule has 0 spiro atoms. The van der Waals surface area contributed by atoms with Gasteiger partial charge in [-0.15, -0.1) is 0 Å². The van der Waals surface area contributed by atoms with Gasteiger partial charge in [-0.1, -0.05) is 29.8 Å². The summed E-state index contributed by atoms with van der Waals surface area (Å²) < 4.78 is 0. The third-order valence-corrected chi connectivity index (χ3v) is 5.97. The van der Waals surface area contributed by atoms with Gasteiger partial charge in [-0.3, -0.25) is 0 Å². The highest BCUT2D eigenvalue weighted by molar-refractivity contribution is 6.37. The predicted octanol–water partition coefficient (Wildman–Crippen LogP) is 6.52. The van der Waals surface area contributed by atoms with Crippen molar-refractivity contribution in [2.45, 2.75) is 13.8 Å². The van der Waals surface area contributed by atoms with Crippen LogP contribution in [-0.4, -0.2) is 0 Å². The van der Waals surface area contributed by atoms with E-state index in [-0.39, 0.29) is 0 Å². The van der Waals surface area contributed by atoms with Gasteiger partial charge >= 0.3 is 0 Å². The fourth-order valence-corrected chi connectivity index (χ4v) is 4.81. The lowest BCUT2D eigenvalue weighted by molar-refractivity contribution is 1.46. The summed E-state index contributed by atoms with van der Waals surface area (Å²) in [7, 11) is 0. The van der Waals surface area contributed by atoms with E-state index in [0.717, 1.165) is 54.2 Å². The molecule has 0 amide bonds. The van der Waals surface area contributed by atoms with Crippen LogP contribution in [0.3, 0.4) is 0 Å². The molecule has 0 aliphatic rings. The highest BCUT2D eigenvalue weighted by atomic mass is 14.6. The summed E-state index contributed by atoms with van der Waals surface area (Å²) in [4.78, 5) is 3.79. The predicted molar refractivity (Wildman–Crippen MR) is 118 cm³/mol. The molecule has 0 heterocycles. The summed E-state index contributed by atoms with van der Waals surface area (Å²) in [6, 6.07) is 17.8. The van der Waals surface area contributed by atoms with Crippen LogP contribution in [0, 0.1) is 54.4 Å². The Hall–Kier alpha value is -4.64. The molecule has 0 aromatic heterocycles. The molecule has 0 saturated carbocycles. The van der Waals surface area contributed by atoms with Crippen molar-refractivity contribution in [2.75, 3.05) is 0 Å². The van der Waals surface area contributed by atoms with E-state index >= 15 is 0 Å². The highest BCUT2D eigenvalue weighted by Gasteiger charge is 2.22. The van der Waals surface area contributed by atoms with E-state index < -0.39 is 0 Å². The second-order valence-electron chi connectivity index (χ2n) is 7.47. The fourth-order valence-electron chi connectivity index (χ4n) is 4.81. The maximum atomic E-state index is 9.91. The Morgan fingerprint density at radius 2 is 1.20 bits per heavy atom. The second kappa shape index (κ2) is 5.93. The van der Waals surface area contributed by atoms with Crippen LogP contribution in [0.5, 0.6) is 0 Å². The molecule has 0 aliphatic heterocycles. The van der Waals surface area contributed by atoms with Gasteiger partial charge < -0.3 is 0 Å². The average molecular weight is 380 g/mol. The first-order chi connectivity index (χ1) is 14.5. The molecule has 0 aliphatic carbocycles. The van der Waals surface area contributed by atoms with Gasteiger partial charge in [0, 0.05) is 16.2 Å². The lowest BCUT2D eigenvalue weighted by Gasteiger charge is -2.19. The molecule has 0 saturated heterocycles. The minimum atomic E-state index is 0.424. The normalized spacial score (nSPS) is 10.9. The van der Waals surface area contributed by atoms with E-state index in [9.17, 15) is 15.8 Å². The van der Waals surface area contributed by atoms with E-state index in [0.29, 0.717) is 22.4 Å². The number of hydrogen-bond donors (Lipinski definition) is 0. The largest absolute Gasteiger partial charge is 0.237 e. The molecule has 5 aromatic rings. The molecule has 0 fully saturated rings. The van der Waals surface area contributed by atoms with Gasteiger partial charge in [0.15, 0.2) is 5.69 Å². The molecule has 5 aromatic carbocycles. The van der Waals surface area contributed by atoms with Gasteiger partial charge in [0.2, 0.25) is 0 Å². The summed E-state index contributed by atoms with van der Waals surface area (Å²) in [5, 5.41) is 35.9. The number of fused-ring (bicyclic) bond motifs is 2. The molecular weight excluding hydrogens is 368 g/mol. The van der Waals surface area contributed by atoms with Gasteiger partial charge in [-0.25, -0.2) is 4.85 Å². The number of hydrogen-bond acceptors (Lipinski definition) is 3. The van der Waals surface area contributed by atoms with Crippen molar-refractivity contribution < 1.29 is 0 Å². The highest BCUT2D eigenvalue weighted by Crippen LogP contribution is 2.47. The van der Waals surface area contributed by atoms with E-state index in [1.54, 1.807) is 12.1 Å². The fraction of sp³-hybridized carbons (Fsp3) is 0.0769. The molecule has 0 radical (unpaired) electrons. The zero-order valence-electron chi connectivity index (χ0n) is 16.3. The topological polar surface area (TPSA) is 75.7 Å². The van der Waals surface area contributed by atoms with E-state index in [1.165, 1.54) is 0 Å². The molecule has 30 heavy (non-hydrogen) atoms. The first-order valence-corrected chi connectivity index (χ1v) is 9.34. The number of nitriles is 3. The van der Waals surface area contributed by atoms with Crippen LogP contribution in [0.1, 0.15) is 27.8 Å². The molecule has 0 N–H and O–H groups in total. The molecular formula is C26H12N4. The van der Waals surface area contributed by atoms with Crippen LogP contribution in [-0.2, 0) is 0 Å². The molecule has 0 unspecified atom stereocenters. The minimum Gasteiger partial charge on any atom is -0.237 e. The van der Waals surface area contributed by atoms with Crippen LogP contribution < -0.4 is 0 Å². The smallest absolute Gasteiger partial charge is 0.195 e. The van der Waals surface area contributed by atoms with Gasteiger partial charge in [0.25, 0.3) is 0 Å². The van der Waals surface area contributed by atoms with Crippen molar-refractivity contribution in [3.8, 4) is 18.2 Å². The maximum Gasteiger partial charge on any atom is 0.195 e. The van der Waals surface area contributed by atoms with Crippen LogP contribution in [0.25, 0.3) is 47.9 Å². The average Bonchev–Trinajstić information content (AvgIpc) is 2.77. The van der Waals surface area contributed by atoms with Gasteiger partial charge in [0.05, 0.1) is 41.5 Å². The molecule has 0 bridgehead atoms. The Morgan fingerprint density at radius 3 is 1.87 bits per heavy atom. The summed E-state index contributed by atoms with van der Waals surface area (Å²) >= 11 is 0. The molecule has 0 atom stereocenters. The van der Waals surface area contributed by atoms with Crippen molar-refractivity contribution in [1.29, 1.82) is 15.8 Å². The van der Waals surface area contributed by atoms with E-state index in [4.69, 9.17) is 6.57 Å². The summed E-state index contributed by atoms with van der Waals surface area (Å²) in [5.74, 6) is 0. The Balaban J connectivity index is 2.33. The minimum absolute atomic E-state index is 0.424. The molecule has 5 rings (SSSR count). The second-order valence-corrected chi connectivity index (χ2v) is 7.47. The number of benzene rings is 5. The number of aryl methyl sites for hydroxylation is 2. The first kappa shape index (κ1) is 17.5. The van der Waals surface area contributed by atoms with Crippen molar-refractivity contribution in [2.24, 2.45) is 0 Å². The van der Waals surface area contributed by atoms with Crippen LogP contribution >= 0.6 is 0 Å². The zero-order valence-corrected chi connectivity index (χ0v) is 16.3. The first-order valence-electron chi connectivity index (χ1n) is 9.34. The Kier molecular flexibility index (Phi) is 3.45. The monoisotopic (exact) mass is 380 g/mol. The lowest BCUT2D eigenvalue weighted by atomic mass is 9.83. The third kappa shape index (κ3) is 1.95. The number of nitrogens with zero attached hydrogens (tertiary/aromatic N) is 4. The Bertz CT molecular complexity index is 1720. The van der Waals surface area contributed by atoms with E-state index in [2.05, 4.69) is 23.1 Å². The van der Waals surface area contributed by atoms with Crippen LogP contribution in [0.15, 0.2) is 36.4 Å². The van der Waals surface area contributed by atoms with Crippen LogP contribution in [0.2, 0.25) is 0 Å². The summed E-state index contributed by atoms with van der Waals surface area (Å²) in [5.41, 5.74) is 3.73. The van der Waals surface area contributed by atoms with Crippen molar-refractivity contribution in [3.05, 3.63) is 75.6 Å². The lowest BCUT2D eigenvalue weighted by Crippen LogP contribution is -1.96. The van der Waals surface area contributed by atoms with Gasteiger partial charge in [0.1, 0.15) is 0 Å². The Labute approximate surface area is 172 Å². The quantitative estimate of drug-likeness (QED) is 0.174. The van der Waals surface area contributed by atoms with Gasteiger partial charge in [-0.2, -0.15) is 15.8 Å². The third-order valence-electron chi connectivity index (χ3n) is 5.97. The molecule has 4 nitrogen and oxygen atoms in total. The van der Waals surface area contributed by atoms with Crippen molar-refractivity contribution in [1.82, 2.24) is 0 Å².